The number of hydrogen-bond donors (Lipinski definition) is 1. The minimum Gasteiger partial charge on any atom is -0.351 e. The van der Waals surface area contributed by atoms with E-state index < -0.39 is 9.84 Å². The van der Waals surface area contributed by atoms with Gasteiger partial charge in [-0.3, -0.25) is 4.40 Å². The lowest BCUT2D eigenvalue weighted by Crippen LogP contribution is -2.21. The maximum absolute atomic E-state index is 12.9. The van der Waals surface area contributed by atoms with Crippen LogP contribution in [-0.4, -0.2) is 29.1 Å². The lowest BCUT2D eigenvalue weighted by atomic mass is 10.1. The zero-order valence-corrected chi connectivity index (χ0v) is 15.8. The number of aromatic nitrogens is 3. The molecule has 0 aliphatic heterocycles. The van der Waals surface area contributed by atoms with Crippen LogP contribution in [0.1, 0.15) is 11.1 Å². The fourth-order valence-electron chi connectivity index (χ4n) is 3.71. The third kappa shape index (κ3) is 2.84. The number of hydrogen-bond acceptors (Lipinski definition) is 5. The molecule has 0 saturated heterocycles. The van der Waals surface area contributed by atoms with Crippen LogP contribution in [0.5, 0.6) is 0 Å². The highest BCUT2D eigenvalue weighted by Crippen LogP contribution is 2.25. The van der Waals surface area contributed by atoms with Crippen LogP contribution in [0.15, 0.2) is 82.7 Å². The van der Waals surface area contributed by atoms with Crippen molar-refractivity contribution in [3.8, 4) is 0 Å². The van der Waals surface area contributed by atoms with Crippen LogP contribution >= 0.6 is 0 Å². The second-order valence-corrected chi connectivity index (χ2v) is 8.90. The van der Waals surface area contributed by atoms with Crippen molar-refractivity contribution in [1.82, 2.24) is 14.6 Å². The Labute approximate surface area is 162 Å². The van der Waals surface area contributed by atoms with Gasteiger partial charge in [-0.2, -0.15) is 0 Å². The highest BCUT2D eigenvalue weighted by molar-refractivity contribution is 7.91. The van der Waals surface area contributed by atoms with Crippen molar-refractivity contribution in [2.75, 3.05) is 5.32 Å². The van der Waals surface area contributed by atoms with E-state index in [0.717, 1.165) is 12.8 Å². The lowest BCUT2D eigenvalue weighted by molar-refractivity contribution is 0.595. The highest BCUT2D eigenvalue weighted by Gasteiger charge is 2.23. The first kappa shape index (κ1) is 16.9. The molecule has 1 aliphatic carbocycles. The van der Waals surface area contributed by atoms with Crippen molar-refractivity contribution in [1.29, 1.82) is 0 Å². The Bertz CT molecular complexity index is 1240. The highest BCUT2D eigenvalue weighted by atomic mass is 32.2. The molecule has 0 radical (unpaired) electrons. The predicted octanol–water partition coefficient (Wildman–Crippen LogP) is 3.14. The van der Waals surface area contributed by atoms with Crippen molar-refractivity contribution in [2.45, 2.75) is 28.7 Å². The first-order chi connectivity index (χ1) is 13.6. The summed E-state index contributed by atoms with van der Waals surface area (Å²) in [6, 6.07) is 20.3. The summed E-state index contributed by atoms with van der Waals surface area (Å²) < 4.78 is 27.6. The quantitative estimate of drug-likeness (QED) is 0.579. The van der Waals surface area contributed by atoms with Gasteiger partial charge < -0.3 is 5.32 Å². The third-order valence-electron chi connectivity index (χ3n) is 5.12. The van der Waals surface area contributed by atoms with Gasteiger partial charge in [0, 0.05) is 12.2 Å². The molecule has 0 amide bonds. The molecule has 0 atom stereocenters. The number of nitrogens with one attached hydrogen (secondary N) is 1. The van der Waals surface area contributed by atoms with Crippen molar-refractivity contribution < 1.29 is 8.42 Å². The molecule has 5 rings (SSSR count). The molecule has 2 aromatic carbocycles. The first-order valence-electron chi connectivity index (χ1n) is 9.09. The Kier molecular flexibility index (Phi) is 3.91. The molecular formula is C21H18N4O2S. The molecule has 4 aromatic rings. The summed E-state index contributed by atoms with van der Waals surface area (Å²) in [7, 11) is -3.60. The van der Waals surface area contributed by atoms with E-state index >= 15 is 0 Å². The second kappa shape index (κ2) is 6.45. The molecule has 6 nitrogen and oxygen atoms in total. The van der Waals surface area contributed by atoms with Gasteiger partial charge in [0.2, 0.25) is 15.8 Å². The summed E-state index contributed by atoms with van der Waals surface area (Å²) in [5.74, 6) is 0.554. The Hall–Kier alpha value is -3.19. The summed E-state index contributed by atoms with van der Waals surface area (Å²) in [6.07, 6.45) is 3.41. The fraction of sp³-hybridized carbons (Fsp3) is 0.143. The van der Waals surface area contributed by atoms with Crippen molar-refractivity contribution in [2.24, 2.45) is 0 Å². The molecule has 28 heavy (non-hydrogen) atoms. The van der Waals surface area contributed by atoms with Crippen molar-refractivity contribution >= 4 is 21.4 Å². The number of pyridine rings is 1. The molecule has 140 valence electrons. The number of fused-ring (bicyclic) bond motifs is 2. The third-order valence-corrected chi connectivity index (χ3v) is 6.88. The molecule has 0 spiro atoms. The Morgan fingerprint density at radius 1 is 0.821 bits per heavy atom. The van der Waals surface area contributed by atoms with Gasteiger partial charge in [-0.25, -0.2) is 8.42 Å². The van der Waals surface area contributed by atoms with Crippen LogP contribution < -0.4 is 5.32 Å². The maximum Gasteiger partial charge on any atom is 0.229 e. The van der Waals surface area contributed by atoms with Gasteiger partial charge in [-0.15, -0.1) is 10.2 Å². The van der Waals surface area contributed by atoms with E-state index in [0.29, 0.717) is 11.6 Å². The molecule has 2 heterocycles. The molecule has 0 saturated carbocycles. The van der Waals surface area contributed by atoms with Gasteiger partial charge in [0.25, 0.3) is 0 Å². The summed E-state index contributed by atoms with van der Waals surface area (Å²) in [6.45, 7) is 0. The van der Waals surface area contributed by atoms with Gasteiger partial charge in [0.1, 0.15) is 0 Å². The Morgan fingerprint density at radius 2 is 1.50 bits per heavy atom. The van der Waals surface area contributed by atoms with E-state index in [1.54, 1.807) is 53.1 Å². The van der Waals surface area contributed by atoms with E-state index in [1.165, 1.54) is 11.1 Å². The lowest BCUT2D eigenvalue weighted by Gasteiger charge is -2.12. The van der Waals surface area contributed by atoms with Gasteiger partial charge in [-0.05, 0) is 48.2 Å². The largest absolute Gasteiger partial charge is 0.351 e. The topological polar surface area (TPSA) is 76.4 Å². The zero-order valence-electron chi connectivity index (χ0n) is 15.0. The van der Waals surface area contributed by atoms with E-state index in [-0.39, 0.29) is 15.8 Å². The van der Waals surface area contributed by atoms with Gasteiger partial charge in [0.05, 0.1) is 9.79 Å². The van der Waals surface area contributed by atoms with Crippen LogP contribution in [-0.2, 0) is 22.7 Å². The smallest absolute Gasteiger partial charge is 0.229 e. The monoisotopic (exact) mass is 390 g/mol. The van der Waals surface area contributed by atoms with E-state index in [1.807, 2.05) is 0 Å². The molecule has 0 bridgehead atoms. The van der Waals surface area contributed by atoms with Gasteiger partial charge in [0.15, 0.2) is 5.65 Å². The maximum atomic E-state index is 12.9. The van der Waals surface area contributed by atoms with Crippen LogP contribution in [0.25, 0.3) is 5.65 Å². The molecule has 0 fully saturated rings. The molecule has 7 heteroatoms. The molecule has 0 unspecified atom stereocenters. The molecule has 1 aliphatic rings. The van der Waals surface area contributed by atoms with Crippen molar-refractivity contribution in [3.05, 3.63) is 84.1 Å². The standard InChI is InChI=1S/C21H18N4O2S/c26-28(27,18-8-2-1-3-9-18)19-10-11-20-23-24-21(25(20)14-19)22-17-12-15-6-4-5-7-16(15)13-17/h1-11,14,17H,12-13H2,(H,22,24). The van der Waals surface area contributed by atoms with E-state index in [9.17, 15) is 8.42 Å². The number of sulfone groups is 1. The SMILES string of the molecule is O=S(=O)(c1ccccc1)c1ccc2nnc(NC3Cc4ccccc4C3)n2c1. The molecule has 1 N–H and O–H groups in total. The molecule has 2 aromatic heterocycles. The summed E-state index contributed by atoms with van der Waals surface area (Å²) in [5, 5.41) is 11.8. The number of benzene rings is 2. The first-order valence-corrected chi connectivity index (χ1v) is 10.6. The number of anilines is 1. The number of rotatable bonds is 4. The average molecular weight is 390 g/mol. The minimum atomic E-state index is -3.60. The Morgan fingerprint density at radius 3 is 2.21 bits per heavy atom. The fourth-order valence-corrected chi connectivity index (χ4v) is 4.99. The summed E-state index contributed by atoms with van der Waals surface area (Å²) in [5.41, 5.74) is 3.27. The van der Waals surface area contributed by atoms with Crippen LogP contribution in [0, 0.1) is 0 Å². The second-order valence-electron chi connectivity index (χ2n) is 6.95. The van der Waals surface area contributed by atoms with Gasteiger partial charge in [-0.1, -0.05) is 42.5 Å². The van der Waals surface area contributed by atoms with Crippen LogP contribution in [0.4, 0.5) is 5.95 Å². The Balaban J connectivity index is 1.48. The number of nitrogens with zero attached hydrogens (tertiary/aromatic N) is 3. The molecular weight excluding hydrogens is 372 g/mol. The van der Waals surface area contributed by atoms with E-state index in [4.69, 9.17) is 0 Å². The minimum absolute atomic E-state index is 0.208. The van der Waals surface area contributed by atoms with Crippen LogP contribution in [0.3, 0.4) is 0 Å². The average Bonchev–Trinajstić information content (AvgIpc) is 3.32. The van der Waals surface area contributed by atoms with Crippen molar-refractivity contribution in [3.63, 3.8) is 0 Å². The van der Waals surface area contributed by atoms with Crippen LogP contribution in [0.2, 0.25) is 0 Å². The zero-order chi connectivity index (χ0) is 19.1. The summed E-state index contributed by atoms with van der Waals surface area (Å²) in [4.78, 5) is 0.479. The normalized spacial score (nSPS) is 14.3. The summed E-state index contributed by atoms with van der Waals surface area (Å²) >= 11 is 0. The van der Waals surface area contributed by atoms with E-state index in [2.05, 4.69) is 39.8 Å². The van der Waals surface area contributed by atoms with Gasteiger partial charge >= 0.3 is 0 Å². The predicted molar refractivity (Wildman–Crippen MR) is 106 cm³/mol.